The van der Waals surface area contributed by atoms with Gasteiger partial charge in [-0.05, 0) is 43.5 Å². The summed E-state index contributed by atoms with van der Waals surface area (Å²) in [5.41, 5.74) is 5.25. The van der Waals surface area contributed by atoms with Crippen molar-refractivity contribution in [2.75, 3.05) is 37.0 Å². The smallest absolute Gasteiger partial charge is 0.142 e. The Morgan fingerprint density at radius 2 is 1.81 bits per heavy atom. The van der Waals surface area contributed by atoms with Crippen LogP contribution in [0.4, 0.5) is 11.4 Å². The predicted octanol–water partition coefficient (Wildman–Crippen LogP) is 3.76. The SMILES string of the molecule is COc1cc2c(cc1N1CC(C)N(Cc3ccccc3)C(C)C1)NCC2. The number of hydrogen-bond acceptors (Lipinski definition) is 4. The average molecular weight is 351 g/mol. The number of nitrogens with one attached hydrogen (secondary N) is 1. The summed E-state index contributed by atoms with van der Waals surface area (Å²) >= 11 is 0. The Balaban J connectivity index is 1.54. The first-order valence-electron chi connectivity index (χ1n) is 9.65. The van der Waals surface area contributed by atoms with Crippen molar-refractivity contribution in [2.45, 2.75) is 38.9 Å². The monoisotopic (exact) mass is 351 g/mol. The van der Waals surface area contributed by atoms with Gasteiger partial charge in [0.1, 0.15) is 5.75 Å². The van der Waals surface area contributed by atoms with Crippen LogP contribution in [0.15, 0.2) is 42.5 Å². The number of fused-ring (bicyclic) bond motifs is 1. The quantitative estimate of drug-likeness (QED) is 0.908. The Kier molecular flexibility index (Phi) is 4.77. The van der Waals surface area contributed by atoms with E-state index in [2.05, 4.69) is 71.4 Å². The highest BCUT2D eigenvalue weighted by Crippen LogP contribution is 2.38. The molecule has 2 unspecified atom stereocenters. The van der Waals surface area contributed by atoms with Crippen molar-refractivity contribution < 1.29 is 4.74 Å². The maximum absolute atomic E-state index is 5.73. The van der Waals surface area contributed by atoms with Gasteiger partial charge < -0.3 is 15.0 Å². The maximum atomic E-state index is 5.73. The molecule has 0 radical (unpaired) electrons. The molecule has 4 rings (SSSR count). The van der Waals surface area contributed by atoms with Gasteiger partial charge in [-0.1, -0.05) is 30.3 Å². The summed E-state index contributed by atoms with van der Waals surface area (Å²) < 4.78 is 5.73. The van der Waals surface area contributed by atoms with Gasteiger partial charge in [-0.15, -0.1) is 0 Å². The molecule has 2 aromatic carbocycles. The van der Waals surface area contributed by atoms with E-state index in [4.69, 9.17) is 4.74 Å². The lowest BCUT2D eigenvalue weighted by molar-refractivity contribution is 0.123. The summed E-state index contributed by atoms with van der Waals surface area (Å²) in [5.74, 6) is 1.00. The average Bonchev–Trinajstić information content (AvgIpc) is 3.11. The lowest BCUT2D eigenvalue weighted by Crippen LogP contribution is -2.56. The first-order valence-corrected chi connectivity index (χ1v) is 9.65. The van der Waals surface area contributed by atoms with E-state index in [0.717, 1.165) is 38.3 Å². The topological polar surface area (TPSA) is 27.7 Å². The lowest BCUT2D eigenvalue weighted by Gasteiger charge is -2.45. The number of rotatable bonds is 4. The van der Waals surface area contributed by atoms with Crippen LogP contribution in [0.3, 0.4) is 0 Å². The molecule has 4 heteroatoms. The lowest BCUT2D eigenvalue weighted by atomic mass is 10.0. The molecule has 2 aromatic rings. The molecule has 0 bridgehead atoms. The molecule has 2 aliphatic heterocycles. The van der Waals surface area contributed by atoms with Crippen LogP contribution in [-0.2, 0) is 13.0 Å². The van der Waals surface area contributed by atoms with Crippen LogP contribution < -0.4 is 15.0 Å². The summed E-state index contributed by atoms with van der Waals surface area (Å²) in [7, 11) is 1.78. The van der Waals surface area contributed by atoms with Crippen molar-refractivity contribution in [2.24, 2.45) is 0 Å². The van der Waals surface area contributed by atoms with E-state index in [0.29, 0.717) is 12.1 Å². The van der Waals surface area contributed by atoms with Crippen LogP contribution in [0.1, 0.15) is 25.0 Å². The third-order valence-electron chi connectivity index (χ3n) is 5.76. The van der Waals surface area contributed by atoms with Crippen molar-refractivity contribution in [1.29, 1.82) is 0 Å². The molecule has 0 saturated carbocycles. The number of benzene rings is 2. The zero-order valence-corrected chi connectivity index (χ0v) is 16.0. The van der Waals surface area contributed by atoms with E-state index in [9.17, 15) is 0 Å². The molecular weight excluding hydrogens is 322 g/mol. The van der Waals surface area contributed by atoms with Gasteiger partial charge in [-0.3, -0.25) is 4.90 Å². The normalized spacial score (nSPS) is 22.8. The van der Waals surface area contributed by atoms with Crippen molar-refractivity contribution >= 4 is 11.4 Å². The fraction of sp³-hybridized carbons (Fsp3) is 0.455. The molecule has 26 heavy (non-hydrogen) atoms. The van der Waals surface area contributed by atoms with E-state index in [1.165, 1.54) is 22.5 Å². The first kappa shape index (κ1) is 17.2. The second kappa shape index (κ2) is 7.20. The minimum absolute atomic E-state index is 0.491. The largest absolute Gasteiger partial charge is 0.495 e. The first-order chi connectivity index (χ1) is 12.7. The van der Waals surface area contributed by atoms with Crippen molar-refractivity contribution in [3.63, 3.8) is 0 Å². The molecule has 2 aliphatic rings. The van der Waals surface area contributed by atoms with E-state index in [-0.39, 0.29) is 0 Å². The molecule has 2 heterocycles. The Bertz CT molecular complexity index is 749. The number of ether oxygens (including phenoxy) is 1. The molecule has 0 aliphatic carbocycles. The van der Waals surface area contributed by atoms with E-state index in [1.807, 2.05) is 0 Å². The third kappa shape index (κ3) is 3.26. The minimum Gasteiger partial charge on any atom is -0.495 e. The highest BCUT2D eigenvalue weighted by Gasteiger charge is 2.31. The molecule has 4 nitrogen and oxygen atoms in total. The van der Waals surface area contributed by atoms with Gasteiger partial charge in [0.05, 0.1) is 12.8 Å². The zero-order valence-electron chi connectivity index (χ0n) is 16.0. The molecule has 0 spiro atoms. The second-order valence-electron chi connectivity index (χ2n) is 7.62. The van der Waals surface area contributed by atoms with Gasteiger partial charge >= 0.3 is 0 Å². The Hall–Kier alpha value is -2.20. The highest BCUT2D eigenvalue weighted by molar-refractivity contribution is 5.71. The van der Waals surface area contributed by atoms with Gasteiger partial charge in [-0.25, -0.2) is 0 Å². The number of nitrogens with zero attached hydrogens (tertiary/aromatic N) is 2. The predicted molar refractivity (Wildman–Crippen MR) is 108 cm³/mol. The molecule has 0 aromatic heterocycles. The van der Waals surface area contributed by atoms with E-state index < -0.39 is 0 Å². The Morgan fingerprint density at radius 1 is 1.08 bits per heavy atom. The van der Waals surface area contributed by atoms with Crippen LogP contribution in [0.2, 0.25) is 0 Å². The second-order valence-corrected chi connectivity index (χ2v) is 7.62. The van der Waals surface area contributed by atoms with Crippen molar-refractivity contribution in [3.8, 4) is 5.75 Å². The van der Waals surface area contributed by atoms with E-state index in [1.54, 1.807) is 7.11 Å². The Labute approximate surface area is 156 Å². The van der Waals surface area contributed by atoms with Gasteiger partial charge in [0, 0.05) is 44.0 Å². The van der Waals surface area contributed by atoms with Crippen LogP contribution >= 0.6 is 0 Å². The van der Waals surface area contributed by atoms with Crippen LogP contribution in [0.5, 0.6) is 5.75 Å². The van der Waals surface area contributed by atoms with Crippen LogP contribution in [0, 0.1) is 0 Å². The zero-order chi connectivity index (χ0) is 18.1. The molecule has 2 atom stereocenters. The van der Waals surface area contributed by atoms with Gasteiger partial charge in [0.2, 0.25) is 0 Å². The Morgan fingerprint density at radius 3 is 2.50 bits per heavy atom. The standard InChI is InChI=1S/C22H29N3O/c1-16-13-24(14-17(2)25(16)15-18-7-5-4-6-8-18)21-12-20-19(9-10-23-20)11-22(21)26-3/h4-8,11-12,16-17,23H,9-10,13-15H2,1-3H3. The van der Waals surface area contributed by atoms with E-state index >= 15 is 0 Å². The molecular formula is C22H29N3O. The summed E-state index contributed by atoms with van der Waals surface area (Å²) in [5, 5.41) is 3.50. The number of anilines is 2. The molecule has 1 fully saturated rings. The fourth-order valence-electron chi connectivity index (χ4n) is 4.38. The molecule has 1 saturated heterocycles. The van der Waals surface area contributed by atoms with Gasteiger partial charge in [0.25, 0.3) is 0 Å². The fourth-order valence-corrected chi connectivity index (χ4v) is 4.38. The summed E-state index contributed by atoms with van der Waals surface area (Å²) in [4.78, 5) is 5.11. The van der Waals surface area contributed by atoms with Gasteiger partial charge in [-0.2, -0.15) is 0 Å². The highest BCUT2D eigenvalue weighted by atomic mass is 16.5. The number of methoxy groups -OCH3 is 1. The minimum atomic E-state index is 0.491. The van der Waals surface area contributed by atoms with Crippen molar-refractivity contribution in [1.82, 2.24) is 4.90 Å². The van der Waals surface area contributed by atoms with Crippen molar-refractivity contribution in [3.05, 3.63) is 53.6 Å². The summed E-state index contributed by atoms with van der Waals surface area (Å²) in [6.45, 7) is 8.76. The molecule has 138 valence electrons. The van der Waals surface area contributed by atoms with Gasteiger partial charge in [0.15, 0.2) is 0 Å². The molecule has 1 N–H and O–H groups in total. The third-order valence-corrected chi connectivity index (χ3v) is 5.76. The number of hydrogen-bond donors (Lipinski definition) is 1. The maximum Gasteiger partial charge on any atom is 0.142 e. The van der Waals surface area contributed by atoms with Crippen LogP contribution in [-0.4, -0.2) is 43.7 Å². The summed E-state index contributed by atoms with van der Waals surface area (Å²) in [6.07, 6.45) is 1.09. The summed E-state index contributed by atoms with van der Waals surface area (Å²) in [6, 6.07) is 16.3. The molecule has 0 amide bonds. The number of piperazine rings is 1. The van der Waals surface area contributed by atoms with Crippen LogP contribution in [0.25, 0.3) is 0 Å².